The van der Waals surface area contributed by atoms with Crippen molar-refractivity contribution >= 4 is 0 Å². The van der Waals surface area contributed by atoms with Gasteiger partial charge >= 0.3 is 0 Å². The van der Waals surface area contributed by atoms with Crippen molar-refractivity contribution in [2.75, 3.05) is 26.4 Å². The molecule has 15 heavy (non-hydrogen) atoms. The Bertz CT molecular complexity index is 145. The van der Waals surface area contributed by atoms with E-state index in [2.05, 4.69) is 5.32 Å². The van der Waals surface area contributed by atoms with E-state index in [4.69, 9.17) is 9.47 Å². The van der Waals surface area contributed by atoms with Gasteiger partial charge in [-0.1, -0.05) is 12.8 Å². The van der Waals surface area contributed by atoms with Crippen LogP contribution in [-0.4, -0.2) is 38.5 Å². The van der Waals surface area contributed by atoms with Gasteiger partial charge in [-0.2, -0.15) is 0 Å². The Morgan fingerprint density at radius 1 is 1.20 bits per heavy atom. The Kier molecular flexibility index (Phi) is 4.90. The highest BCUT2D eigenvalue weighted by molar-refractivity contribution is 4.71. The van der Waals surface area contributed by atoms with Crippen LogP contribution < -0.4 is 5.32 Å². The van der Waals surface area contributed by atoms with Crippen molar-refractivity contribution < 1.29 is 9.47 Å². The second-order valence-corrected chi connectivity index (χ2v) is 4.65. The molecule has 3 nitrogen and oxygen atoms in total. The summed E-state index contributed by atoms with van der Waals surface area (Å²) in [4.78, 5) is 0. The molecule has 1 N–H and O–H groups in total. The molecule has 1 saturated heterocycles. The third kappa shape index (κ3) is 4.09. The minimum Gasteiger partial charge on any atom is -0.380 e. The maximum atomic E-state index is 5.80. The molecule has 1 saturated carbocycles. The van der Waals surface area contributed by atoms with Gasteiger partial charge in [0, 0.05) is 19.3 Å². The Hall–Kier alpha value is -0.120. The van der Waals surface area contributed by atoms with Gasteiger partial charge in [0.05, 0.1) is 12.7 Å². The van der Waals surface area contributed by atoms with Gasteiger partial charge in [0.1, 0.15) is 0 Å². The smallest absolute Gasteiger partial charge is 0.0620 e. The van der Waals surface area contributed by atoms with Crippen molar-refractivity contribution in [2.24, 2.45) is 0 Å². The first-order valence-electron chi connectivity index (χ1n) is 6.38. The van der Waals surface area contributed by atoms with Crippen molar-refractivity contribution in [3.63, 3.8) is 0 Å². The fraction of sp³-hybridized carbons (Fsp3) is 1.00. The van der Waals surface area contributed by atoms with Crippen LogP contribution >= 0.6 is 0 Å². The summed E-state index contributed by atoms with van der Waals surface area (Å²) >= 11 is 0. The summed E-state index contributed by atoms with van der Waals surface area (Å²) in [7, 11) is 0. The van der Waals surface area contributed by atoms with Crippen molar-refractivity contribution in [3.8, 4) is 0 Å². The van der Waals surface area contributed by atoms with Gasteiger partial charge in [-0.05, 0) is 32.2 Å². The molecule has 1 aliphatic carbocycles. The van der Waals surface area contributed by atoms with Gasteiger partial charge in [0.15, 0.2) is 0 Å². The number of hydrogen-bond acceptors (Lipinski definition) is 3. The van der Waals surface area contributed by atoms with Gasteiger partial charge in [-0.3, -0.25) is 0 Å². The van der Waals surface area contributed by atoms with Crippen LogP contribution in [0.25, 0.3) is 0 Å². The molecule has 0 aromatic carbocycles. The molecule has 0 aromatic heterocycles. The van der Waals surface area contributed by atoms with Gasteiger partial charge in [-0.25, -0.2) is 0 Å². The normalized spacial score (nSPS) is 27.6. The summed E-state index contributed by atoms with van der Waals surface area (Å²) < 4.78 is 11.1. The Morgan fingerprint density at radius 2 is 2.07 bits per heavy atom. The van der Waals surface area contributed by atoms with Crippen LogP contribution in [0.1, 0.15) is 38.5 Å². The average molecular weight is 213 g/mol. The lowest BCUT2D eigenvalue weighted by atomic mass is 10.2. The van der Waals surface area contributed by atoms with Crippen molar-refractivity contribution in [3.05, 3.63) is 0 Å². The lowest BCUT2D eigenvalue weighted by Gasteiger charge is -2.13. The van der Waals surface area contributed by atoms with Gasteiger partial charge in [-0.15, -0.1) is 0 Å². The highest BCUT2D eigenvalue weighted by Crippen LogP contribution is 2.20. The predicted octanol–water partition coefficient (Wildman–Crippen LogP) is 1.71. The molecule has 2 rings (SSSR count). The van der Waals surface area contributed by atoms with E-state index in [1.165, 1.54) is 32.1 Å². The van der Waals surface area contributed by atoms with E-state index in [-0.39, 0.29) is 0 Å². The van der Waals surface area contributed by atoms with E-state index in [1.807, 2.05) is 0 Å². The first kappa shape index (κ1) is 11.4. The van der Waals surface area contributed by atoms with E-state index in [0.29, 0.717) is 12.1 Å². The minimum absolute atomic E-state index is 0.569. The zero-order chi connectivity index (χ0) is 10.3. The molecule has 2 fully saturated rings. The maximum absolute atomic E-state index is 5.80. The minimum atomic E-state index is 0.569. The third-order valence-electron chi connectivity index (χ3n) is 3.34. The summed E-state index contributed by atoms with van der Waals surface area (Å²) in [6, 6.07) is 0.594. The van der Waals surface area contributed by atoms with Gasteiger partial charge in [0.2, 0.25) is 0 Å². The molecule has 1 heterocycles. The van der Waals surface area contributed by atoms with Crippen LogP contribution in [0.4, 0.5) is 0 Å². The van der Waals surface area contributed by atoms with E-state index in [0.717, 1.165) is 32.8 Å². The van der Waals surface area contributed by atoms with Gasteiger partial charge in [0.25, 0.3) is 0 Å². The van der Waals surface area contributed by atoms with E-state index in [1.54, 1.807) is 0 Å². The molecule has 0 bridgehead atoms. The largest absolute Gasteiger partial charge is 0.380 e. The fourth-order valence-electron chi connectivity index (χ4n) is 2.38. The van der Waals surface area contributed by atoms with Crippen molar-refractivity contribution in [1.29, 1.82) is 0 Å². The molecule has 0 radical (unpaired) electrons. The van der Waals surface area contributed by atoms with Crippen LogP contribution in [0.15, 0.2) is 0 Å². The second kappa shape index (κ2) is 6.46. The maximum Gasteiger partial charge on any atom is 0.0620 e. The third-order valence-corrected chi connectivity index (χ3v) is 3.34. The van der Waals surface area contributed by atoms with Gasteiger partial charge < -0.3 is 14.8 Å². The lowest BCUT2D eigenvalue weighted by Crippen LogP contribution is -2.30. The molecular formula is C12H23NO2. The molecule has 0 amide bonds. The number of nitrogens with one attached hydrogen (secondary N) is 1. The second-order valence-electron chi connectivity index (χ2n) is 4.65. The van der Waals surface area contributed by atoms with Crippen molar-refractivity contribution in [1.82, 2.24) is 5.32 Å². The molecule has 1 aliphatic heterocycles. The van der Waals surface area contributed by atoms with E-state index < -0.39 is 0 Å². The van der Waals surface area contributed by atoms with Crippen molar-refractivity contribution in [2.45, 2.75) is 50.7 Å². The zero-order valence-corrected chi connectivity index (χ0v) is 9.54. The summed E-state index contributed by atoms with van der Waals surface area (Å²) in [5.41, 5.74) is 0. The van der Waals surface area contributed by atoms with Crippen LogP contribution in [0.2, 0.25) is 0 Å². The standard InChI is InChI=1S/C12H23NO2/c1-2-5-12(4-1)15-8-3-7-13-11-6-9-14-10-11/h11-13H,1-10H2. The zero-order valence-electron chi connectivity index (χ0n) is 9.54. The van der Waals surface area contributed by atoms with Crippen LogP contribution in [-0.2, 0) is 9.47 Å². The highest BCUT2D eigenvalue weighted by atomic mass is 16.5. The van der Waals surface area contributed by atoms with E-state index in [9.17, 15) is 0 Å². The lowest BCUT2D eigenvalue weighted by molar-refractivity contribution is 0.0565. The molecule has 0 aromatic rings. The number of rotatable bonds is 6. The highest BCUT2D eigenvalue weighted by Gasteiger charge is 2.15. The summed E-state index contributed by atoms with van der Waals surface area (Å²) in [5, 5.41) is 3.50. The first-order chi connectivity index (χ1) is 7.45. The first-order valence-corrected chi connectivity index (χ1v) is 6.38. The Labute approximate surface area is 92.5 Å². The predicted molar refractivity (Wildman–Crippen MR) is 60.1 cm³/mol. The Morgan fingerprint density at radius 3 is 2.80 bits per heavy atom. The number of ether oxygens (including phenoxy) is 2. The van der Waals surface area contributed by atoms with Crippen LogP contribution in [0.5, 0.6) is 0 Å². The quantitative estimate of drug-likeness (QED) is 0.681. The summed E-state index contributed by atoms with van der Waals surface area (Å²) in [5.74, 6) is 0. The topological polar surface area (TPSA) is 30.5 Å². The fourth-order valence-corrected chi connectivity index (χ4v) is 2.38. The number of hydrogen-bond donors (Lipinski definition) is 1. The molecule has 88 valence electrons. The molecule has 1 atom stereocenters. The summed E-state index contributed by atoms with van der Waals surface area (Å²) in [6.07, 6.45) is 8.16. The molecule has 2 aliphatic rings. The summed E-state index contributed by atoms with van der Waals surface area (Å²) in [6.45, 7) is 3.81. The van der Waals surface area contributed by atoms with Crippen LogP contribution in [0.3, 0.4) is 0 Å². The Balaban J connectivity index is 1.41. The van der Waals surface area contributed by atoms with Crippen LogP contribution in [0, 0.1) is 0 Å². The molecule has 3 heteroatoms. The molecular weight excluding hydrogens is 190 g/mol. The molecule has 1 unspecified atom stereocenters. The SMILES string of the molecule is C(CNC1CCOC1)COC1CCCC1. The molecule has 0 spiro atoms. The monoisotopic (exact) mass is 213 g/mol. The van der Waals surface area contributed by atoms with E-state index >= 15 is 0 Å². The average Bonchev–Trinajstić information content (AvgIpc) is 2.88.